The predicted molar refractivity (Wildman–Crippen MR) is 58.1 cm³/mol. The third-order valence-electron chi connectivity index (χ3n) is 2.18. The Kier molecular flexibility index (Phi) is 2.35. The van der Waals surface area contributed by atoms with Crippen molar-refractivity contribution in [2.75, 3.05) is 16.5 Å². The number of amides is 1. The summed E-state index contributed by atoms with van der Waals surface area (Å²) in [5.41, 5.74) is 0.425. The molecule has 0 saturated carbocycles. The lowest BCUT2D eigenvalue weighted by Crippen LogP contribution is -2.53. The lowest BCUT2D eigenvalue weighted by Gasteiger charge is -2.36. The van der Waals surface area contributed by atoms with Gasteiger partial charge in [-0.1, -0.05) is 22.6 Å². The van der Waals surface area contributed by atoms with Gasteiger partial charge in [0.2, 0.25) is 6.35 Å². The number of aromatic nitrogens is 2. The Bertz CT molecular complexity index is 366. The summed E-state index contributed by atoms with van der Waals surface area (Å²) in [4.78, 5) is 21.3. The first kappa shape index (κ1) is 9.71. The second kappa shape index (κ2) is 3.39. The van der Waals surface area contributed by atoms with Gasteiger partial charge in [0.15, 0.2) is 5.82 Å². The summed E-state index contributed by atoms with van der Waals surface area (Å²) in [6, 6.07) is 0. The highest BCUT2D eigenvalue weighted by Gasteiger charge is 2.35. The number of aliphatic hydroxyl groups is 1. The van der Waals surface area contributed by atoms with Crippen LogP contribution < -0.4 is 4.90 Å². The van der Waals surface area contributed by atoms with Crippen LogP contribution in [0.1, 0.15) is 10.5 Å². The van der Waals surface area contributed by atoms with Crippen LogP contribution in [0.3, 0.4) is 0 Å². The minimum absolute atomic E-state index is 0.244. The molecule has 0 fully saturated rings. The summed E-state index contributed by atoms with van der Waals surface area (Å²) < 4.78 is 0.564. The van der Waals surface area contributed by atoms with Crippen LogP contribution in [0.5, 0.6) is 0 Å². The van der Waals surface area contributed by atoms with E-state index in [-0.39, 0.29) is 5.91 Å². The van der Waals surface area contributed by atoms with Gasteiger partial charge in [-0.05, 0) is 0 Å². The first-order chi connectivity index (χ1) is 6.66. The predicted octanol–water partition coefficient (Wildman–Crippen LogP) is -0.0299. The number of nitrogens with zero attached hydrogens (tertiary/aromatic N) is 3. The van der Waals surface area contributed by atoms with E-state index >= 15 is 0 Å². The number of alkyl halides is 1. The number of imidazole rings is 1. The second-order valence-corrected chi connectivity index (χ2v) is 3.64. The summed E-state index contributed by atoms with van der Waals surface area (Å²) in [5.74, 6) is 0.265. The molecule has 2 heterocycles. The molecule has 14 heavy (non-hydrogen) atoms. The third-order valence-corrected chi connectivity index (χ3v) is 2.91. The normalized spacial score (nSPS) is 21.4. The van der Waals surface area contributed by atoms with E-state index in [4.69, 9.17) is 0 Å². The fourth-order valence-electron chi connectivity index (χ4n) is 1.38. The van der Waals surface area contributed by atoms with Crippen molar-refractivity contribution in [2.45, 2.75) is 6.35 Å². The number of aromatic amines is 1. The molecule has 0 spiro atoms. The van der Waals surface area contributed by atoms with Gasteiger partial charge < -0.3 is 15.0 Å². The summed E-state index contributed by atoms with van der Waals surface area (Å²) in [5, 5.41) is 9.75. The van der Waals surface area contributed by atoms with E-state index in [2.05, 4.69) is 32.6 Å². The molecule has 0 bridgehead atoms. The lowest BCUT2D eigenvalue weighted by atomic mass is 10.3. The van der Waals surface area contributed by atoms with Crippen LogP contribution in [0.4, 0.5) is 5.82 Å². The van der Waals surface area contributed by atoms with Crippen molar-refractivity contribution in [3.05, 3.63) is 12.0 Å². The van der Waals surface area contributed by atoms with Gasteiger partial charge in [0.1, 0.15) is 5.69 Å². The highest BCUT2D eigenvalue weighted by atomic mass is 127. The van der Waals surface area contributed by atoms with Crippen molar-refractivity contribution in [1.29, 1.82) is 0 Å². The maximum Gasteiger partial charge on any atom is 0.277 e. The number of anilines is 1. The van der Waals surface area contributed by atoms with E-state index in [1.54, 1.807) is 11.9 Å². The SMILES string of the molecule is CN1C(=O)c2[nH]cnc2N(CI)C1O. The molecule has 1 aliphatic heterocycles. The van der Waals surface area contributed by atoms with Crippen LogP contribution in [0.25, 0.3) is 0 Å². The molecule has 1 aromatic heterocycles. The Labute approximate surface area is 94.1 Å². The van der Waals surface area contributed by atoms with Gasteiger partial charge in [0.05, 0.1) is 10.9 Å². The van der Waals surface area contributed by atoms with Gasteiger partial charge in [-0.15, -0.1) is 0 Å². The van der Waals surface area contributed by atoms with Gasteiger partial charge in [-0.25, -0.2) is 4.98 Å². The Morgan fingerprint density at radius 2 is 2.50 bits per heavy atom. The van der Waals surface area contributed by atoms with Crippen LogP contribution in [0.15, 0.2) is 6.33 Å². The number of hydrogen-bond acceptors (Lipinski definition) is 4. The van der Waals surface area contributed by atoms with Crippen molar-refractivity contribution in [3.8, 4) is 0 Å². The zero-order valence-corrected chi connectivity index (χ0v) is 9.59. The number of carbonyl (C=O) groups excluding carboxylic acids is 1. The average Bonchev–Trinajstić information content (AvgIpc) is 2.64. The van der Waals surface area contributed by atoms with Crippen molar-refractivity contribution in [2.24, 2.45) is 0 Å². The molecule has 0 aliphatic carbocycles. The first-order valence-electron chi connectivity index (χ1n) is 3.98. The number of H-pyrrole nitrogens is 1. The second-order valence-electron chi connectivity index (χ2n) is 2.95. The van der Waals surface area contributed by atoms with Crippen LogP contribution in [-0.2, 0) is 0 Å². The smallest absolute Gasteiger partial charge is 0.277 e. The monoisotopic (exact) mass is 308 g/mol. The standard InChI is InChI=1S/C7H9IN4O2/c1-11-6(13)4-5(10-3-9-4)12(2-8)7(11)14/h3,7,14H,2H2,1H3,(H,9,10). The largest absolute Gasteiger partial charge is 0.356 e. The number of carbonyl (C=O) groups is 1. The Morgan fingerprint density at radius 1 is 1.79 bits per heavy atom. The lowest BCUT2D eigenvalue weighted by molar-refractivity contribution is 0.0154. The number of fused-ring (bicyclic) bond motifs is 1. The minimum atomic E-state index is -0.935. The molecule has 6 nitrogen and oxygen atoms in total. The molecular weight excluding hydrogens is 299 g/mol. The van der Waals surface area contributed by atoms with E-state index in [1.165, 1.54) is 11.2 Å². The van der Waals surface area contributed by atoms with Crippen LogP contribution in [0, 0.1) is 0 Å². The Morgan fingerprint density at radius 3 is 3.14 bits per heavy atom. The average molecular weight is 308 g/mol. The molecule has 0 aromatic carbocycles. The highest BCUT2D eigenvalue weighted by molar-refractivity contribution is 14.1. The maximum atomic E-state index is 11.6. The molecule has 0 saturated heterocycles. The van der Waals surface area contributed by atoms with Crippen LogP contribution in [0.2, 0.25) is 0 Å². The molecule has 1 atom stereocenters. The van der Waals surface area contributed by atoms with Crippen molar-refractivity contribution in [1.82, 2.24) is 14.9 Å². The van der Waals surface area contributed by atoms with E-state index in [1.807, 2.05) is 0 Å². The van der Waals surface area contributed by atoms with Gasteiger partial charge in [0.25, 0.3) is 5.91 Å². The molecule has 1 aromatic rings. The van der Waals surface area contributed by atoms with Crippen molar-refractivity contribution in [3.63, 3.8) is 0 Å². The Hall–Kier alpha value is -0.830. The maximum absolute atomic E-state index is 11.6. The molecule has 0 radical (unpaired) electrons. The van der Waals surface area contributed by atoms with E-state index < -0.39 is 6.35 Å². The zero-order valence-electron chi connectivity index (χ0n) is 7.44. The quantitative estimate of drug-likeness (QED) is 0.434. The molecule has 7 heteroatoms. The van der Waals surface area contributed by atoms with Crippen LogP contribution in [-0.4, -0.2) is 43.8 Å². The van der Waals surface area contributed by atoms with Gasteiger partial charge in [-0.3, -0.25) is 9.69 Å². The van der Waals surface area contributed by atoms with Gasteiger partial charge in [0, 0.05) is 7.05 Å². The fourth-order valence-corrected chi connectivity index (χ4v) is 2.06. The van der Waals surface area contributed by atoms with E-state index in [9.17, 15) is 9.90 Å². The summed E-state index contributed by atoms with van der Waals surface area (Å²) in [6.45, 7) is 0. The topological polar surface area (TPSA) is 72.5 Å². The first-order valence-corrected chi connectivity index (χ1v) is 5.50. The number of nitrogens with one attached hydrogen (secondary N) is 1. The number of halogens is 1. The van der Waals surface area contributed by atoms with Crippen LogP contribution >= 0.6 is 22.6 Å². The molecular formula is C7H9IN4O2. The molecule has 2 N–H and O–H groups in total. The molecule has 1 aliphatic rings. The summed E-state index contributed by atoms with van der Waals surface area (Å²) in [6.07, 6.45) is 0.517. The molecule has 76 valence electrons. The number of aliphatic hydroxyl groups excluding tert-OH is 1. The third kappa shape index (κ3) is 1.19. The van der Waals surface area contributed by atoms with Gasteiger partial charge in [-0.2, -0.15) is 0 Å². The molecule has 1 unspecified atom stereocenters. The number of rotatable bonds is 1. The number of hydrogen-bond donors (Lipinski definition) is 2. The van der Waals surface area contributed by atoms with E-state index in [0.29, 0.717) is 16.1 Å². The summed E-state index contributed by atoms with van der Waals surface area (Å²) >= 11 is 2.11. The Balaban J connectivity index is 2.50. The zero-order chi connectivity index (χ0) is 10.3. The minimum Gasteiger partial charge on any atom is -0.356 e. The molecule has 1 amide bonds. The highest BCUT2D eigenvalue weighted by Crippen LogP contribution is 2.26. The summed E-state index contributed by atoms with van der Waals surface area (Å²) in [7, 11) is 1.55. The fraction of sp³-hybridized carbons (Fsp3) is 0.429. The molecule has 2 rings (SSSR count). The van der Waals surface area contributed by atoms with Crippen molar-refractivity contribution < 1.29 is 9.90 Å². The van der Waals surface area contributed by atoms with Gasteiger partial charge >= 0.3 is 0 Å². The van der Waals surface area contributed by atoms with Crippen molar-refractivity contribution >= 4 is 34.3 Å². The van der Waals surface area contributed by atoms with E-state index in [0.717, 1.165) is 0 Å².